The first-order valence-electron chi connectivity index (χ1n) is 9.42. The van der Waals surface area contributed by atoms with Crippen LogP contribution in [0.4, 0.5) is 29.1 Å². The molecule has 0 radical (unpaired) electrons. The van der Waals surface area contributed by atoms with Crippen molar-refractivity contribution in [3.63, 3.8) is 0 Å². The van der Waals surface area contributed by atoms with Crippen molar-refractivity contribution < 1.29 is 27.1 Å². The van der Waals surface area contributed by atoms with E-state index in [0.717, 1.165) is 12.1 Å². The number of hydrogen-bond acceptors (Lipinski definition) is 5. The Kier molecular flexibility index (Phi) is 5.36. The molecule has 0 aliphatic carbocycles. The number of aromatic nitrogens is 3. The van der Waals surface area contributed by atoms with Gasteiger partial charge in [-0.05, 0) is 18.2 Å². The van der Waals surface area contributed by atoms with Gasteiger partial charge in [-0.1, -0.05) is 0 Å². The number of anilines is 2. The maximum absolute atomic E-state index is 13.6. The largest absolute Gasteiger partial charge is 0.487 e. The number of carbonyl (C=O) groups is 1. The van der Waals surface area contributed by atoms with Gasteiger partial charge in [0.1, 0.15) is 23.2 Å². The second-order valence-corrected chi connectivity index (χ2v) is 7.21. The number of nitrogens with one attached hydrogen (secondary N) is 2. The SMILES string of the molecule is Cn1ccc(NC(=O)c2c(N3CC(Oc4cc(F)cc(C(F)(F)F)c4)C3)cc[nH]c2=O)n1. The molecular weight excluding hydrogens is 434 g/mol. The second kappa shape index (κ2) is 8.02. The molecule has 3 heterocycles. The summed E-state index contributed by atoms with van der Waals surface area (Å²) in [5, 5.41) is 6.58. The van der Waals surface area contributed by atoms with E-state index in [0.29, 0.717) is 11.8 Å². The second-order valence-electron chi connectivity index (χ2n) is 7.21. The molecule has 12 heteroatoms. The van der Waals surface area contributed by atoms with Crippen LogP contribution in [0.1, 0.15) is 15.9 Å². The molecule has 4 rings (SSSR count). The summed E-state index contributed by atoms with van der Waals surface area (Å²) in [6.07, 6.45) is -2.25. The molecule has 1 amide bonds. The summed E-state index contributed by atoms with van der Waals surface area (Å²) >= 11 is 0. The number of nitrogens with zero attached hydrogens (tertiary/aromatic N) is 3. The highest BCUT2D eigenvalue weighted by molar-refractivity contribution is 6.07. The average molecular weight is 451 g/mol. The molecule has 0 atom stereocenters. The lowest BCUT2D eigenvalue weighted by molar-refractivity contribution is -0.137. The predicted octanol–water partition coefficient (Wildman–Crippen LogP) is 2.79. The molecule has 168 valence electrons. The summed E-state index contributed by atoms with van der Waals surface area (Å²) in [4.78, 5) is 29.1. The quantitative estimate of drug-likeness (QED) is 0.582. The first-order valence-corrected chi connectivity index (χ1v) is 9.42. The zero-order chi connectivity index (χ0) is 23.0. The number of aryl methyl sites for hydroxylation is 1. The number of rotatable bonds is 5. The van der Waals surface area contributed by atoms with Crippen molar-refractivity contribution in [3.05, 3.63) is 70.0 Å². The standard InChI is InChI=1S/C20H17F4N5O3/c1-28-5-3-16(27-28)26-19(31)17-15(2-4-25-18(17)30)29-9-14(10-29)32-13-7-11(20(22,23)24)6-12(21)8-13/h2-8,14H,9-10H2,1H3,(H,25,30)(H,26,27,31). The van der Waals surface area contributed by atoms with Crippen molar-refractivity contribution in [2.45, 2.75) is 12.3 Å². The Morgan fingerprint density at radius 3 is 2.66 bits per heavy atom. The van der Waals surface area contributed by atoms with Gasteiger partial charge >= 0.3 is 6.18 Å². The monoisotopic (exact) mass is 451 g/mol. The zero-order valence-electron chi connectivity index (χ0n) is 16.6. The minimum absolute atomic E-state index is 0.137. The van der Waals surface area contributed by atoms with E-state index in [1.54, 1.807) is 24.2 Å². The summed E-state index contributed by atoms with van der Waals surface area (Å²) in [7, 11) is 1.67. The molecule has 8 nitrogen and oxygen atoms in total. The van der Waals surface area contributed by atoms with Crippen LogP contribution >= 0.6 is 0 Å². The molecule has 1 fully saturated rings. The molecule has 1 aliphatic heterocycles. The van der Waals surface area contributed by atoms with Crippen LogP contribution in [0.15, 0.2) is 47.5 Å². The number of hydrogen-bond donors (Lipinski definition) is 2. The normalized spacial score (nSPS) is 14.2. The van der Waals surface area contributed by atoms with Crippen molar-refractivity contribution >= 4 is 17.4 Å². The van der Waals surface area contributed by atoms with E-state index in [2.05, 4.69) is 15.4 Å². The number of carbonyl (C=O) groups excluding carboxylic acids is 1. The maximum atomic E-state index is 13.6. The number of aromatic amines is 1. The van der Waals surface area contributed by atoms with Gasteiger partial charge < -0.3 is 19.9 Å². The predicted molar refractivity (Wildman–Crippen MR) is 106 cm³/mol. The summed E-state index contributed by atoms with van der Waals surface area (Å²) in [5.41, 5.74) is -1.56. The molecule has 1 aliphatic rings. The van der Waals surface area contributed by atoms with E-state index in [1.807, 2.05) is 0 Å². The van der Waals surface area contributed by atoms with Crippen molar-refractivity contribution in [2.75, 3.05) is 23.3 Å². The molecule has 1 saturated heterocycles. The fourth-order valence-electron chi connectivity index (χ4n) is 3.31. The summed E-state index contributed by atoms with van der Waals surface area (Å²) in [6.45, 7) is 0.371. The van der Waals surface area contributed by atoms with Gasteiger partial charge in [-0.15, -0.1) is 0 Å². The number of alkyl halides is 3. The molecule has 0 saturated carbocycles. The van der Waals surface area contributed by atoms with Gasteiger partial charge in [0, 0.05) is 31.6 Å². The van der Waals surface area contributed by atoms with Crippen molar-refractivity contribution in [1.82, 2.24) is 14.8 Å². The number of benzene rings is 1. The van der Waals surface area contributed by atoms with Gasteiger partial charge in [0.05, 0.1) is 24.3 Å². The van der Waals surface area contributed by atoms with E-state index in [9.17, 15) is 27.2 Å². The molecule has 0 spiro atoms. The molecular formula is C20H17F4N5O3. The van der Waals surface area contributed by atoms with Gasteiger partial charge in [0.15, 0.2) is 5.82 Å². The summed E-state index contributed by atoms with van der Waals surface area (Å²) in [6, 6.07) is 5.09. The van der Waals surface area contributed by atoms with Gasteiger partial charge in [-0.2, -0.15) is 18.3 Å². The van der Waals surface area contributed by atoms with Crippen LogP contribution in [-0.2, 0) is 13.2 Å². The van der Waals surface area contributed by atoms with Crippen molar-refractivity contribution in [2.24, 2.45) is 7.05 Å². The number of halogens is 4. The highest BCUT2D eigenvalue weighted by Gasteiger charge is 2.34. The summed E-state index contributed by atoms with van der Waals surface area (Å²) < 4.78 is 59.1. The number of H-pyrrole nitrogens is 1. The fraction of sp³-hybridized carbons (Fsp3) is 0.250. The van der Waals surface area contributed by atoms with Crippen molar-refractivity contribution in [3.8, 4) is 5.75 Å². The Bertz CT molecular complexity index is 1210. The third-order valence-corrected chi connectivity index (χ3v) is 4.81. The fourth-order valence-corrected chi connectivity index (χ4v) is 3.31. The van der Waals surface area contributed by atoms with Gasteiger partial charge in [0.25, 0.3) is 11.5 Å². The summed E-state index contributed by atoms with van der Waals surface area (Å²) in [5.74, 6) is -1.71. The Morgan fingerprint density at radius 2 is 2.00 bits per heavy atom. The Balaban J connectivity index is 1.47. The molecule has 32 heavy (non-hydrogen) atoms. The smallest absolute Gasteiger partial charge is 0.416 e. The number of amides is 1. The van der Waals surface area contributed by atoms with Crippen LogP contribution in [0, 0.1) is 5.82 Å². The van der Waals surface area contributed by atoms with E-state index in [-0.39, 0.29) is 30.2 Å². The van der Waals surface area contributed by atoms with E-state index < -0.39 is 35.1 Å². The molecule has 3 aromatic rings. The van der Waals surface area contributed by atoms with Crippen LogP contribution in [0.5, 0.6) is 5.75 Å². The molecule has 2 N–H and O–H groups in total. The van der Waals surface area contributed by atoms with Crippen molar-refractivity contribution in [1.29, 1.82) is 0 Å². The Labute approximate surface area is 178 Å². The first-order chi connectivity index (χ1) is 15.1. The highest BCUT2D eigenvalue weighted by Crippen LogP contribution is 2.33. The molecule has 2 aromatic heterocycles. The van der Waals surface area contributed by atoms with Crippen LogP contribution < -0.4 is 20.5 Å². The third kappa shape index (κ3) is 4.43. The molecule has 0 bridgehead atoms. The number of ether oxygens (including phenoxy) is 1. The van der Waals surface area contributed by atoms with E-state index >= 15 is 0 Å². The minimum Gasteiger partial charge on any atom is -0.487 e. The minimum atomic E-state index is -4.70. The maximum Gasteiger partial charge on any atom is 0.416 e. The number of pyridine rings is 1. The van der Waals surface area contributed by atoms with E-state index in [1.165, 1.54) is 16.9 Å². The topological polar surface area (TPSA) is 92.2 Å². The van der Waals surface area contributed by atoms with Gasteiger partial charge in [-0.3, -0.25) is 14.3 Å². The lowest BCUT2D eigenvalue weighted by Crippen LogP contribution is -2.55. The molecule has 0 unspecified atom stereocenters. The first kappa shape index (κ1) is 21.4. The molecule has 1 aromatic carbocycles. The lowest BCUT2D eigenvalue weighted by Gasteiger charge is -2.41. The van der Waals surface area contributed by atoms with Gasteiger partial charge in [0.2, 0.25) is 0 Å². The lowest BCUT2D eigenvalue weighted by atomic mass is 10.1. The highest BCUT2D eigenvalue weighted by atomic mass is 19.4. The zero-order valence-corrected chi connectivity index (χ0v) is 16.6. The average Bonchev–Trinajstić information content (AvgIpc) is 3.07. The van der Waals surface area contributed by atoms with Crippen LogP contribution in [0.2, 0.25) is 0 Å². The van der Waals surface area contributed by atoms with Gasteiger partial charge in [-0.25, -0.2) is 4.39 Å². The van der Waals surface area contributed by atoms with Crippen LogP contribution in [-0.4, -0.2) is 39.9 Å². The third-order valence-electron chi connectivity index (χ3n) is 4.81. The van der Waals surface area contributed by atoms with E-state index in [4.69, 9.17) is 4.74 Å². The van der Waals surface area contributed by atoms with Crippen LogP contribution in [0.3, 0.4) is 0 Å². The Morgan fingerprint density at radius 1 is 1.25 bits per heavy atom. The Hall–Kier alpha value is -3.83. The van der Waals surface area contributed by atoms with Crippen LogP contribution in [0.25, 0.3) is 0 Å².